The Morgan fingerprint density at radius 1 is 0.554 bits per heavy atom. The number of nitrogens with two attached hydrogens (primary N) is 1. The number of alkyl halides is 2. The van der Waals surface area contributed by atoms with Crippen molar-refractivity contribution in [1.82, 2.24) is 60.7 Å². The molecule has 12 rings (SSSR count). The fourth-order valence-corrected chi connectivity index (χ4v) is 14.4. The number of halogens is 2. The smallest absolute Gasteiger partial charge is 0.232 e. The van der Waals surface area contributed by atoms with Crippen molar-refractivity contribution in [3.8, 4) is 0 Å². The fourth-order valence-electron chi connectivity index (χ4n) is 10.8. The number of nitrogens with zero attached hydrogens (tertiary/aromatic N) is 14. The molecule has 83 heavy (non-hydrogen) atoms. The van der Waals surface area contributed by atoms with Gasteiger partial charge >= 0.3 is 0 Å². The van der Waals surface area contributed by atoms with Crippen LogP contribution in [0.2, 0.25) is 0 Å². The molecule has 430 valence electrons. The Morgan fingerprint density at radius 2 is 1.05 bits per heavy atom. The number of nitrogen functional groups attached to an aromatic ring is 1. The third-order valence-corrected chi connectivity index (χ3v) is 19.1. The van der Waals surface area contributed by atoms with E-state index in [1.54, 1.807) is 66.3 Å². The minimum Gasteiger partial charge on any atom is -0.397 e. The Labute approximate surface area is 491 Å². The molecular formula is C54H58F2N20O3S4. The minimum absolute atomic E-state index is 0.00275. The number of pyridine rings is 4. The largest absolute Gasteiger partial charge is 0.397 e. The molecule has 3 amide bonds. The third-order valence-electron chi connectivity index (χ3n) is 15.1. The fraction of sp³-hybridized carbons (Fsp3) is 0.426. The molecule has 0 aromatic carbocycles. The molecule has 6 atom stereocenters. The second-order valence-electron chi connectivity index (χ2n) is 21.1. The van der Waals surface area contributed by atoms with E-state index in [2.05, 4.69) is 87.3 Å². The minimum atomic E-state index is -1.18. The molecule has 8 aromatic heterocycles. The van der Waals surface area contributed by atoms with Gasteiger partial charge in [0.15, 0.2) is 6.17 Å². The second-order valence-corrected chi connectivity index (χ2v) is 25.2. The SMILES string of the molecule is Nc1ccc(CC(=O)Nc2nnc(C3CCCC(c4nnc(NC(=O)Cc5ccc(NC6C(F)CN6c6ccnc(CC(=O)Nc7nnc(C8CCCC(c9nnc(NCCc%10cc(N%11CC(F)C%11)ccn%10)s9)C8)s7)c6)cn5)s4)C3)s2)nc1. The van der Waals surface area contributed by atoms with Gasteiger partial charge < -0.3 is 42.1 Å². The number of amides is 3. The van der Waals surface area contributed by atoms with Crippen molar-refractivity contribution in [3.63, 3.8) is 0 Å². The summed E-state index contributed by atoms with van der Waals surface area (Å²) in [5.41, 5.74) is 11.1. The van der Waals surface area contributed by atoms with Crippen molar-refractivity contribution < 1.29 is 23.2 Å². The summed E-state index contributed by atoms with van der Waals surface area (Å²) in [6.07, 6.45) is 12.1. The molecule has 23 nitrogen and oxygen atoms in total. The maximum absolute atomic E-state index is 15.2. The zero-order valence-electron chi connectivity index (χ0n) is 44.7. The van der Waals surface area contributed by atoms with Crippen LogP contribution in [0, 0.1) is 0 Å². The zero-order chi connectivity index (χ0) is 56.8. The lowest BCUT2D eigenvalue weighted by Crippen LogP contribution is -2.62. The Morgan fingerprint density at radius 3 is 1.57 bits per heavy atom. The van der Waals surface area contributed by atoms with Crippen molar-refractivity contribution in [2.45, 2.75) is 119 Å². The van der Waals surface area contributed by atoms with Crippen LogP contribution in [0.1, 0.15) is 118 Å². The lowest BCUT2D eigenvalue weighted by Gasteiger charge is -2.46. The van der Waals surface area contributed by atoms with Crippen LogP contribution in [0.3, 0.4) is 0 Å². The molecule has 0 bridgehead atoms. The standard InChI is InChI=1S/C54H58F2N20O3S4/c55-33-26-75(27-33)40-12-15-58-37(19-40)11-14-60-51-71-67-47(80-51)29-3-1-4-30(17-29)48-70-74-54(83-48)66-45(79)23-39-20-41(13-16-59-39)76-28-42(56)46(76)63-38-10-9-36(62-25-38)22-44(78)65-53-73-69-50(82-53)32-6-2-5-31(18-32)49-68-72-52(81-49)64-43(77)21-35-8-7-34(57)24-61-35/h7-10,12-13,15-16,19-20,24-25,29-33,42,46,63H,1-6,11,14,17-18,21-23,26-28,57H2,(H,60,71)(H,64,72,77)(H,65,73,78)(H,66,74,79). The summed E-state index contributed by atoms with van der Waals surface area (Å²) in [5.74, 6) is -0.122. The first kappa shape index (κ1) is 55.6. The van der Waals surface area contributed by atoms with Crippen LogP contribution in [0.4, 0.5) is 52.1 Å². The average molecular weight is 1200 g/mol. The summed E-state index contributed by atoms with van der Waals surface area (Å²) in [6, 6.07) is 14.4. The van der Waals surface area contributed by atoms with E-state index in [9.17, 15) is 18.8 Å². The molecular weight excluding hydrogens is 1140 g/mol. The Kier molecular flexibility index (Phi) is 17.0. The van der Waals surface area contributed by atoms with E-state index < -0.39 is 18.5 Å². The van der Waals surface area contributed by atoms with Gasteiger partial charge in [0.1, 0.15) is 32.4 Å². The molecule has 2 aliphatic heterocycles. The predicted molar refractivity (Wildman–Crippen MR) is 315 cm³/mol. The molecule has 6 unspecified atom stereocenters. The van der Waals surface area contributed by atoms with Gasteiger partial charge in [-0.25, -0.2) is 8.78 Å². The summed E-state index contributed by atoms with van der Waals surface area (Å²) in [4.78, 5) is 60.6. The summed E-state index contributed by atoms with van der Waals surface area (Å²) in [6.45, 7) is 1.65. The summed E-state index contributed by atoms with van der Waals surface area (Å²) in [7, 11) is 0. The van der Waals surface area contributed by atoms with E-state index in [1.807, 2.05) is 21.9 Å². The van der Waals surface area contributed by atoms with Gasteiger partial charge in [0.25, 0.3) is 0 Å². The Bertz CT molecular complexity index is 3540. The number of carbonyl (C=O) groups is 3. The van der Waals surface area contributed by atoms with Crippen molar-refractivity contribution in [1.29, 1.82) is 0 Å². The van der Waals surface area contributed by atoms with E-state index in [4.69, 9.17) is 5.73 Å². The van der Waals surface area contributed by atoms with E-state index in [-0.39, 0.29) is 67.2 Å². The van der Waals surface area contributed by atoms with Gasteiger partial charge in [-0.3, -0.25) is 34.3 Å². The van der Waals surface area contributed by atoms with Crippen LogP contribution >= 0.6 is 45.3 Å². The van der Waals surface area contributed by atoms with Gasteiger partial charge in [-0.1, -0.05) is 58.2 Å². The summed E-state index contributed by atoms with van der Waals surface area (Å²) < 4.78 is 28.6. The number of anilines is 8. The first-order valence-corrected chi connectivity index (χ1v) is 30.8. The molecule has 0 spiro atoms. The maximum Gasteiger partial charge on any atom is 0.232 e. The van der Waals surface area contributed by atoms with Crippen molar-refractivity contribution in [3.05, 3.63) is 116 Å². The van der Waals surface area contributed by atoms with Crippen molar-refractivity contribution in [2.75, 3.05) is 68.3 Å². The normalized spacial score (nSPS) is 20.7. The summed E-state index contributed by atoms with van der Waals surface area (Å²) >= 11 is 5.68. The van der Waals surface area contributed by atoms with Gasteiger partial charge in [-0.05, 0) is 87.1 Å². The van der Waals surface area contributed by atoms with Gasteiger partial charge in [-0.2, -0.15) is 0 Å². The number of hydrogen-bond donors (Lipinski definition) is 6. The van der Waals surface area contributed by atoms with Crippen LogP contribution in [-0.2, 0) is 40.1 Å². The number of rotatable bonds is 21. The highest BCUT2D eigenvalue weighted by atomic mass is 32.1. The van der Waals surface area contributed by atoms with E-state index in [0.29, 0.717) is 75.6 Å². The number of hydrogen-bond acceptors (Lipinski definition) is 24. The lowest BCUT2D eigenvalue weighted by molar-refractivity contribution is -0.116. The predicted octanol–water partition coefficient (Wildman–Crippen LogP) is 8.09. The molecule has 2 saturated heterocycles. The molecule has 2 aliphatic carbocycles. The Balaban J connectivity index is 0.570. The molecule has 10 heterocycles. The van der Waals surface area contributed by atoms with E-state index in [0.717, 1.165) is 87.9 Å². The number of carbonyl (C=O) groups excluding carboxylic acids is 3. The van der Waals surface area contributed by atoms with Crippen LogP contribution in [0.25, 0.3) is 0 Å². The number of nitrogens with one attached hydrogen (secondary N) is 5. The quantitative estimate of drug-likeness (QED) is 0.0396. The first-order valence-electron chi connectivity index (χ1n) is 27.5. The van der Waals surface area contributed by atoms with Gasteiger partial charge in [0.2, 0.25) is 38.2 Å². The molecule has 7 N–H and O–H groups in total. The molecule has 8 aromatic rings. The van der Waals surface area contributed by atoms with Crippen molar-refractivity contribution >= 4 is 106 Å². The second kappa shape index (κ2) is 25.3. The maximum atomic E-state index is 15.2. The average Bonchev–Trinajstić information content (AvgIpc) is 4.51. The highest BCUT2D eigenvalue weighted by Crippen LogP contribution is 2.45. The van der Waals surface area contributed by atoms with Crippen LogP contribution in [0.15, 0.2) is 73.3 Å². The Hall–Kier alpha value is -7.89. The molecule has 2 saturated carbocycles. The van der Waals surface area contributed by atoms with Crippen molar-refractivity contribution in [2.24, 2.45) is 0 Å². The van der Waals surface area contributed by atoms with Crippen LogP contribution < -0.4 is 42.1 Å². The molecule has 0 radical (unpaired) electrons. The summed E-state index contributed by atoms with van der Waals surface area (Å²) in [5, 5.41) is 55.9. The lowest BCUT2D eigenvalue weighted by atomic mass is 9.82. The first-order chi connectivity index (χ1) is 40.4. The molecule has 4 fully saturated rings. The monoisotopic (exact) mass is 1200 g/mol. The van der Waals surface area contributed by atoms with Gasteiger partial charge in [0, 0.05) is 77.5 Å². The zero-order valence-corrected chi connectivity index (χ0v) is 48.0. The highest BCUT2D eigenvalue weighted by Gasteiger charge is 2.40. The topological polar surface area (TPSA) is 299 Å². The van der Waals surface area contributed by atoms with Gasteiger partial charge in [0.05, 0.1) is 68.4 Å². The van der Waals surface area contributed by atoms with Crippen LogP contribution in [0.5, 0.6) is 0 Å². The van der Waals surface area contributed by atoms with E-state index >= 15 is 4.39 Å². The third kappa shape index (κ3) is 14.0. The van der Waals surface area contributed by atoms with Crippen LogP contribution in [-0.4, -0.2) is 123 Å². The highest BCUT2D eigenvalue weighted by molar-refractivity contribution is 7.16. The molecule has 29 heteroatoms. The number of aromatic nitrogens is 12. The molecule has 4 aliphatic rings. The van der Waals surface area contributed by atoms with Gasteiger partial charge in [-0.15, -0.1) is 40.8 Å². The van der Waals surface area contributed by atoms with E-state index in [1.165, 1.54) is 40.2 Å².